The fraction of sp³-hybridized carbons (Fsp3) is 0.389. The number of aryl methyl sites for hydroxylation is 2. The molecule has 0 radical (unpaired) electrons. The second-order valence-electron chi connectivity index (χ2n) is 6.16. The zero-order valence-electron chi connectivity index (χ0n) is 12.6. The molecule has 0 spiro atoms. The highest BCUT2D eigenvalue weighted by molar-refractivity contribution is 7.14. The van der Waals surface area contributed by atoms with Gasteiger partial charge in [0.15, 0.2) is 0 Å². The maximum Gasteiger partial charge on any atom is 0.261 e. The Morgan fingerprint density at radius 1 is 1.09 bits per heavy atom. The van der Waals surface area contributed by atoms with Gasteiger partial charge in [-0.15, -0.1) is 11.3 Å². The van der Waals surface area contributed by atoms with Crippen LogP contribution in [0.1, 0.15) is 49.6 Å². The van der Waals surface area contributed by atoms with E-state index in [4.69, 9.17) is 0 Å². The van der Waals surface area contributed by atoms with Gasteiger partial charge in [-0.1, -0.05) is 18.2 Å². The number of hydrogen-bond acceptors (Lipinski definition) is 3. The number of amides is 1. The van der Waals surface area contributed by atoms with Gasteiger partial charge in [0, 0.05) is 24.5 Å². The van der Waals surface area contributed by atoms with Crippen molar-refractivity contribution >= 4 is 17.2 Å². The number of benzene rings is 1. The molecule has 1 aromatic carbocycles. The van der Waals surface area contributed by atoms with Gasteiger partial charge in [-0.2, -0.15) is 0 Å². The number of rotatable bonds is 3. The quantitative estimate of drug-likeness (QED) is 0.914. The molecule has 2 aromatic rings. The summed E-state index contributed by atoms with van der Waals surface area (Å²) in [7, 11) is 0. The Balaban J connectivity index is 1.43. The Hall–Kier alpha value is -1.65. The van der Waals surface area contributed by atoms with E-state index in [1.54, 1.807) is 11.3 Å². The molecular formula is C18H20N2OS. The summed E-state index contributed by atoms with van der Waals surface area (Å²) in [6, 6.07) is 8.59. The molecule has 0 saturated heterocycles. The lowest BCUT2D eigenvalue weighted by Gasteiger charge is -2.08. The van der Waals surface area contributed by atoms with Gasteiger partial charge in [0.05, 0.1) is 4.88 Å². The summed E-state index contributed by atoms with van der Waals surface area (Å²) in [5.41, 5.74) is 5.31. The SMILES string of the molecule is O=C(NCc1ccc2c(c1)CNC2)c1cc2c(s1)CCCC2. The summed E-state index contributed by atoms with van der Waals surface area (Å²) < 4.78 is 0. The lowest BCUT2D eigenvalue weighted by Crippen LogP contribution is -2.21. The highest BCUT2D eigenvalue weighted by Crippen LogP contribution is 2.29. The van der Waals surface area contributed by atoms with Crippen LogP contribution in [0.15, 0.2) is 24.3 Å². The van der Waals surface area contributed by atoms with Crippen molar-refractivity contribution in [2.24, 2.45) is 0 Å². The van der Waals surface area contributed by atoms with Crippen LogP contribution >= 0.6 is 11.3 Å². The maximum absolute atomic E-state index is 12.4. The fourth-order valence-electron chi connectivity index (χ4n) is 3.33. The third-order valence-electron chi connectivity index (χ3n) is 4.58. The molecule has 0 saturated carbocycles. The molecule has 0 fully saturated rings. The van der Waals surface area contributed by atoms with Gasteiger partial charge in [-0.3, -0.25) is 4.79 Å². The van der Waals surface area contributed by atoms with E-state index < -0.39 is 0 Å². The Labute approximate surface area is 134 Å². The van der Waals surface area contributed by atoms with Crippen molar-refractivity contribution < 1.29 is 4.79 Å². The molecule has 1 aromatic heterocycles. The van der Waals surface area contributed by atoms with Crippen molar-refractivity contribution in [2.75, 3.05) is 0 Å². The van der Waals surface area contributed by atoms with E-state index in [-0.39, 0.29) is 5.91 Å². The molecule has 22 heavy (non-hydrogen) atoms. The molecule has 1 aliphatic carbocycles. The number of nitrogens with one attached hydrogen (secondary N) is 2. The van der Waals surface area contributed by atoms with E-state index in [9.17, 15) is 4.79 Å². The van der Waals surface area contributed by atoms with Crippen molar-refractivity contribution in [3.8, 4) is 0 Å². The highest BCUT2D eigenvalue weighted by Gasteiger charge is 2.17. The Bertz CT molecular complexity index is 696. The van der Waals surface area contributed by atoms with E-state index in [0.717, 1.165) is 30.8 Å². The molecule has 1 aliphatic heterocycles. The van der Waals surface area contributed by atoms with Crippen LogP contribution in [0.3, 0.4) is 0 Å². The summed E-state index contributed by atoms with van der Waals surface area (Å²) in [5, 5.41) is 6.41. The summed E-state index contributed by atoms with van der Waals surface area (Å²) in [4.78, 5) is 14.6. The van der Waals surface area contributed by atoms with Crippen LogP contribution in [0.25, 0.3) is 0 Å². The molecule has 0 unspecified atom stereocenters. The molecule has 2 heterocycles. The van der Waals surface area contributed by atoms with Gasteiger partial charge in [-0.25, -0.2) is 0 Å². The van der Waals surface area contributed by atoms with Crippen LogP contribution < -0.4 is 10.6 Å². The molecular weight excluding hydrogens is 292 g/mol. The minimum absolute atomic E-state index is 0.0676. The molecule has 4 heteroatoms. The predicted molar refractivity (Wildman–Crippen MR) is 89.1 cm³/mol. The van der Waals surface area contributed by atoms with Gasteiger partial charge in [0.2, 0.25) is 0 Å². The number of fused-ring (bicyclic) bond motifs is 2. The second-order valence-corrected chi connectivity index (χ2v) is 7.29. The fourth-order valence-corrected chi connectivity index (χ4v) is 4.50. The van der Waals surface area contributed by atoms with Gasteiger partial charge in [0.25, 0.3) is 5.91 Å². The second kappa shape index (κ2) is 5.86. The van der Waals surface area contributed by atoms with E-state index >= 15 is 0 Å². The molecule has 1 amide bonds. The van der Waals surface area contributed by atoms with Crippen LogP contribution in [0.5, 0.6) is 0 Å². The summed E-state index contributed by atoms with van der Waals surface area (Å²) >= 11 is 1.68. The molecule has 4 rings (SSSR count). The first kappa shape index (κ1) is 14.0. The largest absolute Gasteiger partial charge is 0.347 e. The third-order valence-corrected chi connectivity index (χ3v) is 5.81. The number of hydrogen-bond donors (Lipinski definition) is 2. The molecule has 2 aliphatic rings. The van der Waals surface area contributed by atoms with E-state index in [1.807, 2.05) is 0 Å². The first-order valence-corrected chi connectivity index (χ1v) is 8.82. The third kappa shape index (κ3) is 2.69. The van der Waals surface area contributed by atoms with E-state index in [0.29, 0.717) is 6.54 Å². The summed E-state index contributed by atoms with van der Waals surface area (Å²) in [6.45, 7) is 2.51. The maximum atomic E-state index is 12.4. The number of thiophene rings is 1. The van der Waals surface area contributed by atoms with Crippen LogP contribution in [0.4, 0.5) is 0 Å². The first-order chi connectivity index (χ1) is 10.8. The Morgan fingerprint density at radius 2 is 1.95 bits per heavy atom. The Kier molecular flexibility index (Phi) is 3.72. The molecule has 0 bridgehead atoms. The van der Waals surface area contributed by atoms with Gasteiger partial charge >= 0.3 is 0 Å². The van der Waals surface area contributed by atoms with Crippen molar-refractivity contribution in [1.82, 2.24) is 10.6 Å². The van der Waals surface area contributed by atoms with Crippen LogP contribution in [0.2, 0.25) is 0 Å². The topological polar surface area (TPSA) is 41.1 Å². The molecule has 114 valence electrons. The normalized spacial score (nSPS) is 16.2. The Morgan fingerprint density at radius 3 is 2.86 bits per heavy atom. The van der Waals surface area contributed by atoms with Gasteiger partial charge in [-0.05, 0) is 54.0 Å². The molecule has 2 N–H and O–H groups in total. The average molecular weight is 312 g/mol. The number of carbonyl (C=O) groups excluding carboxylic acids is 1. The average Bonchev–Trinajstić information content (AvgIpc) is 3.18. The zero-order valence-corrected chi connectivity index (χ0v) is 13.4. The lowest BCUT2D eigenvalue weighted by atomic mass is 9.99. The van der Waals surface area contributed by atoms with Crippen LogP contribution in [-0.2, 0) is 32.5 Å². The number of carbonyl (C=O) groups is 1. The van der Waals surface area contributed by atoms with Crippen molar-refractivity contribution in [2.45, 2.75) is 45.3 Å². The molecule has 0 atom stereocenters. The monoisotopic (exact) mass is 312 g/mol. The van der Waals surface area contributed by atoms with E-state index in [2.05, 4.69) is 34.9 Å². The summed E-state index contributed by atoms with van der Waals surface area (Å²) in [5.74, 6) is 0.0676. The smallest absolute Gasteiger partial charge is 0.261 e. The minimum atomic E-state index is 0.0676. The standard InChI is InChI=1S/C18H20N2OS/c21-18(17-8-13-3-1-2-4-16(13)22-17)20-9-12-5-6-14-10-19-11-15(14)7-12/h5-8,19H,1-4,9-11H2,(H,20,21). The van der Waals surface area contributed by atoms with Crippen molar-refractivity contribution in [3.63, 3.8) is 0 Å². The highest BCUT2D eigenvalue weighted by atomic mass is 32.1. The summed E-state index contributed by atoms with van der Waals surface area (Å²) in [6.07, 6.45) is 4.80. The van der Waals surface area contributed by atoms with Gasteiger partial charge < -0.3 is 10.6 Å². The lowest BCUT2D eigenvalue weighted by molar-refractivity contribution is 0.0955. The zero-order chi connectivity index (χ0) is 14.9. The van der Waals surface area contributed by atoms with Gasteiger partial charge in [0.1, 0.15) is 0 Å². The van der Waals surface area contributed by atoms with Crippen molar-refractivity contribution in [3.05, 3.63) is 56.3 Å². The van der Waals surface area contributed by atoms with Crippen LogP contribution in [0, 0.1) is 0 Å². The van der Waals surface area contributed by atoms with E-state index in [1.165, 1.54) is 40.0 Å². The van der Waals surface area contributed by atoms with Crippen LogP contribution in [-0.4, -0.2) is 5.91 Å². The minimum Gasteiger partial charge on any atom is -0.347 e. The first-order valence-electron chi connectivity index (χ1n) is 8.01. The van der Waals surface area contributed by atoms with Crippen molar-refractivity contribution in [1.29, 1.82) is 0 Å². The molecule has 3 nitrogen and oxygen atoms in total. The predicted octanol–water partition coefficient (Wildman–Crippen LogP) is 3.16.